The highest BCUT2D eigenvalue weighted by atomic mass is 32.2. The lowest BCUT2D eigenvalue weighted by atomic mass is 9.95. The molecule has 8 heteroatoms. The highest BCUT2D eigenvalue weighted by Gasteiger charge is 2.22. The second-order valence-electron chi connectivity index (χ2n) is 7.20. The monoisotopic (exact) mass is 414 g/mol. The zero-order valence-electron chi connectivity index (χ0n) is 16.0. The van der Waals surface area contributed by atoms with Gasteiger partial charge in [-0.1, -0.05) is 18.2 Å². The van der Waals surface area contributed by atoms with Gasteiger partial charge in [0, 0.05) is 24.0 Å². The molecule has 0 bridgehead atoms. The Labute approximate surface area is 169 Å². The van der Waals surface area contributed by atoms with Crippen molar-refractivity contribution in [1.82, 2.24) is 19.5 Å². The maximum Gasteiger partial charge on any atom is 0.215 e. The summed E-state index contributed by atoms with van der Waals surface area (Å²) < 4.78 is 42.2. The summed E-state index contributed by atoms with van der Waals surface area (Å²) in [4.78, 5) is 4.43. The van der Waals surface area contributed by atoms with Gasteiger partial charge < -0.3 is 0 Å². The van der Waals surface area contributed by atoms with E-state index in [0.717, 1.165) is 37.1 Å². The van der Waals surface area contributed by atoms with E-state index < -0.39 is 10.0 Å². The minimum Gasteiger partial charge on any atom is -0.267 e. The molecule has 0 aliphatic heterocycles. The van der Waals surface area contributed by atoms with Gasteiger partial charge in [0.2, 0.25) is 10.0 Å². The van der Waals surface area contributed by atoms with Crippen LogP contribution in [0.1, 0.15) is 29.7 Å². The minimum atomic E-state index is -3.51. The summed E-state index contributed by atoms with van der Waals surface area (Å²) in [5.41, 5.74) is 4.70. The van der Waals surface area contributed by atoms with Gasteiger partial charge in [0.25, 0.3) is 0 Å². The number of fused-ring (bicyclic) bond motifs is 1. The topological polar surface area (TPSA) is 76.9 Å². The van der Waals surface area contributed by atoms with Gasteiger partial charge in [-0.25, -0.2) is 17.5 Å². The van der Waals surface area contributed by atoms with Crippen molar-refractivity contribution in [2.75, 3.05) is 6.54 Å². The predicted octanol–water partition coefficient (Wildman–Crippen LogP) is 3.08. The first-order chi connectivity index (χ1) is 14.0. The van der Waals surface area contributed by atoms with E-state index in [-0.39, 0.29) is 18.1 Å². The lowest BCUT2D eigenvalue weighted by Gasteiger charge is -2.14. The van der Waals surface area contributed by atoms with Crippen LogP contribution < -0.4 is 4.72 Å². The molecule has 6 nitrogen and oxygen atoms in total. The summed E-state index contributed by atoms with van der Waals surface area (Å²) in [6.45, 7) is 0.705. The molecular formula is C21H23FN4O2S. The molecule has 0 radical (unpaired) electrons. The van der Waals surface area contributed by atoms with Gasteiger partial charge in [0.05, 0.1) is 18.0 Å². The molecule has 2 aromatic heterocycles. The SMILES string of the molecule is O=S(=O)(Cc1ccc(F)cc1)NCCn1nc(-c2ccccn2)c2c1CCCC2. The van der Waals surface area contributed by atoms with Crippen molar-refractivity contribution >= 4 is 10.0 Å². The molecule has 29 heavy (non-hydrogen) atoms. The van der Waals surface area contributed by atoms with E-state index in [1.807, 2.05) is 22.9 Å². The third-order valence-corrected chi connectivity index (χ3v) is 6.44. The number of sulfonamides is 1. The summed E-state index contributed by atoms with van der Waals surface area (Å²) in [5.74, 6) is -0.560. The second kappa shape index (κ2) is 8.42. The number of pyridine rings is 1. The van der Waals surface area contributed by atoms with Gasteiger partial charge in [0.15, 0.2) is 0 Å². The van der Waals surface area contributed by atoms with E-state index in [0.29, 0.717) is 12.1 Å². The Hall–Kier alpha value is -2.58. The fourth-order valence-corrected chi connectivity index (χ4v) is 4.86. The molecule has 0 fully saturated rings. The van der Waals surface area contributed by atoms with Crippen molar-refractivity contribution in [3.05, 3.63) is 71.3 Å². The van der Waals surface area contributed by atoms with Gasteiger partial charge in [0.1, 0.15) is 11.5 Å². The van der Waals surface area contributed by atoms with Crippen LogP contribution in [0.15, 0.2) is 48.7 Å². The molecule has 152 valence electrons. The first kappa shape index (κ1) is 19.7. The van der Waals surface area contributed by atoms with E-state index >= 15 is 0 Å². The van der Waals surface area contributed by atoms with Gasteiger partial charge in [-0.15, -0.1) is 0 Å². The maximum atomic E-state index is 13.0. The molecule has 1 aliphatic rings. The van der Waals surface area contributed by atoms with Crippen molar-refractivity contribution in [2.24, 2.45) is 0 Å². The molecule has 0 saturated carbocycles. The summed E-state index contributed by atoms with van der Waals surface area (Å²) in [6.07, 6.45) is 5.90. The van der Waals surface area contributed by atoms with Gasteiger partial charge in [-0.3, -0.25) is 9.67 Å². The quantitative estimate of drug-likeness (QED) is 0.645. The van der Waals surface area contributed by atoms with Crippen molar-refractivity contribution < 1.29 is 12.8 Å². The highest BCUT2D eigenvalue weighted by Crippen LogP contribution is 2.30. The van der Waals surface area contributed by atoms with Crippen LogP contribution in [0.3, 0.4) is 0 Å². The number of hydrogen-bond acceptors (Lipinski definition) is 4. The van der Waals surface area contributed by atoms with Crippen molar-refractivity contribution in [1.29, 1.82) is 0 Å². The average molecular weight is 415 g/mol. The van der Waals surface area contributed by atoms with Gasteiger partial charge >= 0.3 is 0 Å². The number of halogens is 1. The third-order valence-electron chi connectivity index (χ3n) is 5.08. The molecule has 2 heterocycles. The van der Waals surface area contributed by atoms with E-state index in [9.17, 15) is 12.8 Å². The average Bonchev–Trinajstić information content (AvgIpc) is 3.09. The predicted molar refractivity (Wildman–Crippen MR) is 109 cm³/mol. The molecule has 4 rings (SSSR count). The Morgan fingerprint density at radius 1 is 1.07 bits per heavy atom. The number of benzene rings is 1. The summed E-state index contributed by atoms with van der Waals surface area (Å²) in [6, 6.07) is 11.3. The zero-order chi connectivity index (χ0) is 20.3. The van der Waals surface area contributed by atoms with E-state index in [1.54, 1.807) is 6.20 Å². The molecule has 0 atom stereocenters. The first-order valence-electron chi connectivity index (χ1n) is 9.73. The van der Waals surface area contributed by atoms with Crippen molar-refractivity contribution in [2.45, 2.75) is 38.0 Å². The zero-order valence-corrected chi connectivity index (χ0v) is 16.8. The van der Waals surface area contributed by atoms with Crippen LogP contribution in [0.2, 0.25) is 0 Å². The Morgan fingerprint density at radius 2 is 1.86 bits per heavy atom. The molecule has 3 aromatic rings. The van der Waals surface area contributed by atoms with E-state index in [4.69, 9.17) is 5.10 Å². The maximum absolute atomic E-state index is 13.0. The Kier molecular flexibility index (Phi) is 5.73. The fraction of sp³-hybridized carbons (Fsp3) is 0.333. The molecule has 1 N–H and O–H groups in total. The largest absolute Gasteiger partial charge is 0.267 e. The molecule has 0 unspecified atom stereocenters. The van der Waals surface area contributed by atoms with Crippen LogP contribution in [0.4, 0.5) is 4.39 Å². The lowest BCUT2D eigenvalue weighted by molar-refractivity contribution is 0.538. The summed E-state index contributed by atoms with van der Waals surface area (Å²) in [5, 5.41) is 4.75. The normalized spacial score (nSPS) is 14.0. The van der Waals surface area contributed by atoms with Crippen LogP contribution >= 0.6 is 0 Å². The Morgan fingerprint density at radius 3 is 2.62 bits per heavy atom. The Balaban J connectivity index is 1.46. The van der Waals surface area contributed by atoms with Crippen LogP contribution in [-0.4, -0.2) is 29.7 Å². The number of nitrogens with one attached hydrogen (secondary N) is 1. The smallest absolute Gasteiger partial charge is 0.215 e. The molecule has 0 amide bonds. The van der Waals surface area contributed by atoms with Crippen LogP contribution in [0.5, 0.6) is 0 Å². The lowest BCUT2D eigenvalue weighted by Crippen LogP contribution is -2.29. The molecule has 0 saturated heterocycles. The second-order valence-corrected chi connectivity index (χ2v) is 9.01. The summed E-state index contributed by atoms with van der Waals surface area (Å²) >= 11 is 0. The minimum absolute atomic E-state index is 0.177. The summed E-state index contributed by atoms with van der Waals surface area (Å²) in [7, 11) is -3.51. The number of hydrogen-bond donors (Lipinski definition) is 1. The van der Waals surface area contributed by atoms with Crippen molar-refractivity contribution in [3.63, 3.8) is 0 Å². The fourth-order valence-electron chi connectivity index (χ4n) is 3.72. The third kappa shape index (κ3) is 4.71. The molecule has 1 aliphatic carbocycles. The molecule has 1 aromatic carbocycles. The number of nitrogens with zero attached hydrogens (tertiary/aromatic N) is 3. The Bertz CT molecular complexity index is 1080. The first-order valence-corrected chi connectivity index (χ1v) is 11.4. The number of rotatable bonds is 7. The highest BCUT2D eigenvalue weighted by molar-refractivity contribution is 7.88. The molecular weight excluding hydrogens is 391 g/mol. The van der Waals surface area contributed by atoms with Crippen molar-refractivity contribution in [3.8, 4) is 11.4 Å². The molecule has 0 spiro atoms. The van der Waals surface area contributed by atoms with Crippen LogP contribution in [0, 0.1) is 5.82 Å². The standard InChI is InChI=1S/C21H23FN4O2S/c22-17-10-8-16(9-11-17)15-29(27,28)24-13-14-26-20-7-2-1-5-18(20)21(25-26)19-6-3-4-12-23-19/h3-4,6,8-12,24H,1-2,5,7,13-15H2. The van der Waals surface area contributed by atoms with Crippen LogP contribution in [0.25, 0.3) is 11.4 Å². The van der Waals surface area contributed by atoms with Gasteiger partial charge in [-0.2, -0.15) is 5.10 Å². The number of aromatic nitrogens is 3. The van der Waals surface area contributed by atoms with Gasteiger partial charge in [-0.05, 0) is 55.5 Å². The van der Waals surface area contributed by atoms with E-state index in [1.165, 1.54) is 35.5 Å². The van der Waals surface area contributed by atoms with Crippen LogP contribution in [-0.2, 0) is 35.2 Å². The van der Waals surface area contributed by atoms with E-state index in [2.05, 4.69) is 9.71 Å².